The quantitative estimate of drug-likeness (QED) is 0.839. The molecule has 28 heavy (non-hydrogen) atoms. The predicted octanol–water partition coefficient (Wildman–Crippen LogP) is 3.55. The number of halogens is 3. The molecule has 0 aliphatic carbocycles. The van der Waals surface area contributed by atoms with Crippen molar-refractivity contribution >= 4 is 17.5 Å². The van der Waals surface area contributed by atoms with Gasteiger partial charge in [-0.3, -0.25) is 9.59 Å². The van der Waals surface area contributed by atoms with Crippen molar-refractivity contribution in [1.82, 2.24) is 4.90 Å². The van der Waals surface area contributed by atoms with E-state index in [4.69, 9.17) is 9.15 Å². The Balaban J connectivity index is 1.84. The van der Waals surface area contributed by atoms with Gasteiger partial charge in [0.1, 0.15) is 5.76 Å². The predicted molar refractivity (Wildman–Crippen MR) is 93.5 cm³/mol. The average molecular weight is 396 g/mol. The molecule has 1 aromatic carbocycles. The standard InChI is InChI=1S/C19H19F3N2O4/c1-24(10-16-3-2-5-28-16)18(26)13-7-14(19(20,21)22)9-15(8-13)23-17(25)12-4-6-27-11-12/h2-3,5,7-9,12H,4,6,10-11H2,1H3,(H,23,25). The molecule has 2 amide bonds. The van der Waals surface area contributed by atoms with Gasteiger partial charge in [-0.15, -0.1) is 0 Å². The number of carbonyl (C=O) groups excluding carboxylic acids is 2. The minimum Gasteiger partial charge on any atom is -0.467 e. The summed E-state index contributed by atoms with van der Waals surface area (Å²) < 4.78 is 50.1. The lowest BCUT2D eigenvalue weighted by Gasteiger charge is -2.18. The molecule has 0 saturated carbocycles. The van der Waals surface area contributed by atoms with Crippen molar-refractivity contribution in [2.75, 3.05) is 25.6 Å². The van der Waals surface area contributed by atoms with E-state index in [0.29, 0.717) is 18.8 Å². The van der Waals surface area contributed by atoms with Gasteiger partial charge in [-0.25, -0.2) is 0 Å². The molecule has 1 atom stereocenters. The zero-order chi connectivity index (χ0) is 20.3. The molecule has 1 aromatic heterocycles. The summed E-state index contributed by atoms with van der Waals surface area (Å²) in [5.41, 5.74) is -1.27. The van der Waals surface area contributed by atoms with E-state index in [1.807, 2.05) is 0 Å². The minimum absolute atomic E-state index is 0.0820. The van der Waals surface area contributed by atoms with Crippen molar-refractivity contribution in [1.29, 1.82) is 0 Å². The number of hydrogen-bond acceptors (Lipinski definition) is 4. The monoisotopic (exact) mass is 396 g/mol. The molecule has 150 valence electrons. The van der Waals surface area contributed by atoms with Gasteiger partial charge >= 0.3 is 6.18 Å². The first kappa shape index (κ1) is 19.9. The van der Waals surface area contributed by atoms with Crippen molar-refractivity contribution in [2.24, 2.45) is 5.92 Å². The molecule has 2 aromatic rings. The fourth-order valence-electron chi connectivity index (χ4n) is 2.90. The van der Waals surface area contributed by atoms with Gasteiger partial charge in [0.2, 0.25) is 5.91 Å². The van der Waals surface area contributed by atoms with Crippen molar-refractivity contribution in [2.45, 2.75) is 19.1 Å². The maximum Gasteiger partial charge on any atom is 0.416 e. The lowest BCUT2D eigenvalue weighted by Crippen LogP contribution is -2.27. The van der Waals surface area contributed by atoms with Crippen LogP contribution in [0.25, 0.3) is 0 Å². The first-order valence-corrected chi connectivity index (χ1v) is 8.63. The second kappa shape index (κ2) is 8.05. The highest BCUT2D eigenvalue weighted by molar-refractivity contribution is 5.98. The molecule has 1 aliphatic rings. The van der Waals surface area contributed by atoms with E-state index in [0.717, 1.165) is 12.1 Å². The van der Waals surface area contributed by atoms with Gasteiger partial charge in [-0.2, -0.15) is 13.2 Å². The number of nitrogens with zero attached hydrogens (tertiary/aromatic N) is 1. The molecule has 9 heteroatoms. The van der Waals surface area contributed by atoms with Crippen molar-refractivity contribution in [3.8, 4) is 0 Å². The zero-order valence-corrected chi connectivity index (χ0v) is 15.1. The average Bonchev–Trinajstić information content (AvgIpc) is 3.33. The molecule has 3 rings (SSSR count). The van der Waals surface area contributed by atoms with Crippen LogP contribution in [0.4, 0.5) is 18.9 Å². The molecule has 0 spiro atoms. The van der Waals surface area contributed by atoms with Crippen molar-refractivity contribution < 1.29 is 31.9 Å². The van der Waals surface area contributed by atoms with Crippen LogP contribution in [-0.4, -0.2) is 37.0 Å². The van der Waals surface area contributed by atoms with E-state index in [1.165, 1.54) is 24.3 Å². The molecule has 1 saturated heterocycles. The largest absolute Gasteiger partial charge is 0.467 e. The Kier molecular flexibility index (Phi) is 5.73. The highest BCUT2D eigenvalue weighted by Crippen LogP contribution is 2.32. The number of alkyl halides is 3. The lowest BCUT2D eigenvalue weighted by atomic mass is 10.1. The van der Waals surface area contributed by atoms with Gasteiger partial charge in [0.05, 0.1) is 30.9 Å². The summed E-state index contributed by atoms with van der Waals surface area (Å²) in [7, 11) is 1.46. The number of rotatable bonds is 5. The van der Waals surface area contributed by atoms with E-state index < -0.39 is 29.5 Å². The smallest absolute Gasteiger partial charge is 0.416 e. The van der Waals surface area contributed by atoms with Crippen molar-refractivity contribution in [3.63, 3.8) is 0 Å². The topological polar surface area (TPSA) is 71.8 Å². The number of amides is 2. The van der Waals surface area contributed by atoms with Gasteiger partial charge < -0.3 is 19.4 Å². The molecule has 2 heterocycles. The SMILES string of the molecule is CN(Cc1ccco1)C(=O)c1cc(NC(=O)C2CCOC2)cc(C(F)(F)F)c1. The minimum atomic E-state index is -4.66. The summed E-state index contributed by atoms with van der Waals surface area (Å²) in [6.07, 6.45) is -2.72. The fraction of sp³-hybridized carbons (Fsp3) is 0.368. The molecule has 1 fully saturated rings. The molecule has 1 aliphatic heterocycles. The van der Waals surface area contributed by atoms with Gasteiger partial charge in [0.25, 0.3) is 5.91 Å². The second-order valence-electron chi connectivity index (χ2n) is 6.59. The van der Waals surface area contributed by atoms with E-state index in [9.17, 15) is 22.8 Å². The normalized spacial score (nSPS) is 16.8. The Morgan fingerprint density at radius 3 is 2.68 bits per heavy atom. The number of ether oxygens (including phenoxy) is 1. The number of anilines is 1. The molecule has 1 unspecified atom stereocenters. The van der Waals surface area contributed by atoms with Crippen LogP contribution in [0.15, 0.2) is 41.0 Å². The summed E-state index contributed by atoms with van der Waals surface area (Å²) >= 11 is 0. The van der Waals surface area contributed by atoms with E-state index >= 15 is 0 Å². The zero-order valence-electron chi connectivity index (χ0n) is 15.1. The molecule has 6 nitrogen and oxygen atoms in total. The van der Waals surface area contributed by atoms with Crippen LogP contribution in [0.3, 0.4) is 0 Å². The first-order valence-electron chi connectivity index (χ1n) is 8.63. The van der Waals surface area contributed by atoms with Gasteiger partial charge in [0.15, 0.2) is 0 Å². The van der Waals surface area contributed by atoms with Gasteiger partial charge in [0, 0.05) is 24.9 Å². The molecule has 1 N–H and O–H groups in total. The Labute approximate surface area is 159 Å². The highest BCUT2D eigenvalue weighted by Gasteiger charge is 2.33. The van der Waals surface area contributed by atoms with Gasteiger partial charge in [-0.1, -0.05) is 0 Å². The van der Waals surface area contributed by atoms with Crippen LogP contribution < -0.4 is 5.32 Å². The van der Waals surface area contributed by atoms with E-state index in [-0.39, 0.29) is 24.4 Å². The highest BCUT2D eigenvalue weighted by atomic mass is 19.4. The fourth-order valence-corrected chi connectivity index (χ4v) is 2.90. The molecule has 0 bridgehead atoms. The number of furan rings is 1. The van der Waals surface area contributed by atoms with Crippen LogP contribution in [0.2, 0.25) is 0 Å². The van der Waals surface area contributed by atoms with Crippen LogP contribution in [0, 0.1) is 5.92 Å². The summed E-state index contributed by atoms with van der Waals surface area (Å²) in [6.45, 7) is 0.758. The Morgan fingerprint density at radius 1 is 1.29 bits per heavy atom. The number of benzene rings is 1. The van der Waals surface area contributed by atoms with Crippen LogP contribution in [0.5, 0.6) is 0 Å². The third-order valence-corrected chi connectivity index (χ3v) is 4.40. The van der Waals surface area contributed by atoms with E-state index in [2.05, 4.69) is 5.32 Å². The van der Waals surface area contributed by atoms with Crippen LogP contribution in [0.1, 0.15) is 28.1 Å². The summed E-state index contributed by atoms with van der Waals surface area (Å²) in [6, 6.07) is 6.14. The number of nitrogens with one attached hydrogen (secondary N) is 1. The number of carbonyl (C=O) groups is 2. The molecule has 0 radical (unpaired) electrons. The summed E-state index contributed by atoms with van der Waals surface area (Å²) in [5, 5.41) is 2.47. The molecular formula is C19H19F3N2O4. The Morgan fingerprint density at radius 2 is 2.07 bits per heavy atom. The second-order valence-corrected chi connectivity index (χ2v) is 6.59. The summed E-state index contributed by atoms with van der Waals surface area (Å²) in [5.74, 6) is -0.978. The third kappa shape index (κ3) is 4.72. The Hall–Kier alpha value is -2.81. The number of hydrogen-bond donors (Lipinski definition) is 1. The molecular weight excluding hydrogens is 377 g/mol. The maximum atomic E-state index is 13.3. The Bertz CT molecular complexity index is 843. The van der Waals surface area contributed by atoms with Gasteiger partial charge in [-0.05, 0) is 36.8 Å². The first-order chi connectivity index (χ1) is 13.2. The van der Waals surface area contributed by atoms with Crippen LogP contribution >= 0.6 is 0 Å². The van der Waals surface area contributed by atoms with Crippen molar-refractivity contribution in [3.05, 3.63) is 53.5 Å². The van der Waals surface area contributed by atoms with Crippen LogP contribution in [-0.2, 0) is 22.3 Å². The maximum absolute atomic E-state index is 13.3. The third-order valence-electron chi connectivity index (χ3n) is 4.40. The summed E-state index contributed by atoms with van der Waals surface area (Å²) in [4.78, 5) is 26.1. The van der Waals surface area contributed by atoms with E-state index in [1.54, 1.807) is 12.1 Å². The lowest BCUT2D eigenvalue weighted by molar-refractivity contribution is -0.137.